The molecule has 1 aromatic heterocycles. The summed E-state index contributed by atoms with van der Waals surface area (Å²) in [6.45, 7) is 0.0439. The summed E-state index contributed by atoms with van der Waals surface area (Å²) < 4.78 is 7.53. The van der Waals surface area contributed by atoms with Gasteiger partial charge in [-0.15, -0.1) is 0 Å². The minimum Gasteiger partial charge on any atom is -0.475 e. The fraction of sp³-hybridized carbons (Fsp3) is 0.0909. The zero-order chi connectivity index (χ0) is 11.5. The van der Waals surface area contributed by atoms with Crippen LogP contribution in [0.15, 0.2) is 24.4 Å². The van der Waals surface area contributed by atoms with Gasteiger partial charge in [-0.3, -0.25) is 4.98 Å². The molecule has 0 fully saturated rings. The lowest BCUT2D eigenvalue weighted by atomic mass is 10.2. The Kier molecular flexibility index (Phi) is 3.81. The predicted octanol–water partition coefficient (Wildman–Crippen LogP) is 3.35. The molecular weight excluding hydrogens is 430 g/mol. The summed E-state index contributed by atoms with van der Waals surface area (Å²) in [6.07, 6.45) is 1.73. The SMILES string of the molecule is N#CCOc1c(I)cc(I)c2cccnc12. The lowest BCUT2D eigenvalue weighted by Crippen LogP contribution is -1.98. The van der Waals surface area contributed by atoms with E-state index >= 15 is 0 Å². The summed E-state index contributed by atoms with van der Waals surface area (Å²) in [5.41, 5.74) is 0.814. The van der Waals surface area contributed by atoms with Crippen molar-refractivity contribution < 1.29 is 4.74 Å². The van der Waals surface area contributed by atoms with Crippen LogP contribution in [-0.4, -0.2) is 11.6 Å². The van der Waals surface area contributed by atoms with Crippen molar-refractivity contribution in [2.24, 2.45) is 0 Å². The fourth-order valence-electron chi connectivity index (χ4n) is 1.39. The third-order valence-electron chi connectivity index (χ3n) is 2.03. The first kappa shape index (κ1) is 11.9. The maximum absolute atomic E-state index is 8.55. The van der Waals surface area contributed by atoms with E-state index in [0.717, 1.165) is 18.0 Å². The highest BCUT2D eigenvalue weighted by Gasteiger charge is 2.11. The summed E-state index contributed by atoms with van der Waals surface area (Å²) >= 11 is 4.47. The van der Waals surface area contributed by atoms with Crippen LogP contribution in [-0.2, 0) is 0 Å². The molecule has 0 amide bonds. The van der Waals surface area contributed by atoms with Gasteiger partial charge < -0.3 is 4.74 Å². The zero-order valence-corrected chi connectivity index (χ0v) is 12.4. The largest absolute Gasteiger partial charge is 0.475 e. The van der Waals surface area contributed by atoms with E-state index in [1.54, 1.807) is 6.20 Å². The van der Waals surface area contributed by atoms with Crippen LogP contribution in [0.25, 0.3) is 10.9 Å². The number of nitrogens with zero attached hydrogens (tertiary/aromatic N) is 2. The number of hydrogen-bond donors (Lipinski definition) is 0. The molecular formula is C11H6I2N2O. The van der Waals surface area contributed by atoms with E-state index in [0.29, 0.717) is 5.75 Å². The van der Waals surface area contributed by atoms with E-state index in [4.69, 9.17) is 10.00 Å². The average Bonchev–Trinajstić information content (AvgIpc) is 2.29. The summed E-state index contributed by atoms with van der Waals surface area (Å²) in [6, 6.07) is 7.89. The minimum absolute atomic E-state index is 0.0439. The van der Waals surface area contributed by atoms with Gasteiger partial charge >= 0.3 is 0 Å². The van der Waals surface area contributed by atoms with Gasteiger partial charge in [-0.1, -0.05) is 6.07 Å². The van der Waals surface area contributed by atoms with Gasteiger partial charge in [-0.25, -0.2) is 0 Å². The summed E-state index contributed by atoms with van der Waals surface area (Å²) in [4.78, 5) is 4.31. The number of halogens is 2. The molecule has 2 rings (SSSR count). The molecule has 0 unspecified atom stereocenters. The van der Waals surface area contributed by atoms with Gasteiger partial charge in [-0.2, -0.15) is 5.26 Å². The fourth-order valence-corrected chi connectivity index (χ4v) is 3.45. The average molecular weight is 436 g/mol. The first-order chi connectivity index (χ1) is 7.74. The predicted molar refractivity (Wildman–Crippen MR) is 78.3 cm³/mol. The highest BCUT2D eigenvalue weighted by atomic mass is 127. The Morgan fingerprint density at radius 2 is 2.19 bits per heavy atom. The molecule has 0 aliphatic carbocycles. The van der Waals surface area contributed by atoms with E-state index in [9.17, 15) is 0 Å². The monoisotopic (exact) mass is 436 g/mol. The quantitative estimate of drug-likeness (QED) is 0.679. The number of aromatic nitrogens is 1. The standard InChI is InChI=1S/C11H6I2N2O/c12-8-6-9(13)11(16-5-3-14)10-7(8)2-1-4-15-10/h1-2,4,6H,5H2. The molecule has 80 valence electrons. The molecule has 16 heavy (non-hydrogen) atoms. The Labute approximate surface area is 120 Å². The van der Waals surface area contributed by atoms with Gasteiger partial charge in [0.25, 0.3) is 0 Å². The Hall–Kier alpha value is -0.620. The van der Waals surface area contributed by atoms with Gasteiger partial charge in [0.1, 0.15) is 11.6 Å². The van der Waals surface area contributed by atoms with Crippen LogP contribution >= 0.6 is 45.2 Å². The maximum atomic E-state index is 8.55. The van der Waals surface area contributed by atoms with Crippen molar-refractivity contribution in [1.29, 1.82) is 5.26 Å². The molecule has 2 aromatic rings. The van der Waals surface area contributed by atoms with E-state index in [2.05, 4.69) is 50.2 Å². The molecule has 3 nitrogen and oxygen atoms in total. The van der Waals surface area contributed by atoms with Gasteiger partial charge in [0.05, 0.1) is 3.57 Å². The molecule has 0 spiro atoms. The lowest BCUT2D eigenvalue weighted by Gasteiger charge is -2.09. The van der Waals surface area contributed by atoms with Crippen molar-refractivity contribution in [3.63, 3.8) is 0 Å². The van der Waals surface area contributed by atoms with E-state index in [-0.39, 0.29) is 6.61 Å². The molecule has 0 radical (unpaired) electrons. The third kappa shape index (κ3) is 2.22. The Morgan fingerprint density at radius 3 is 2.94 bits per heavy atom. The number of benzene rings is 1. The van der Waals surface area contributed by atoms with E-state index < -0.39 is 0 Å². The van der Waals surface area contributed by atoms with E-state index in [1.165, 1.54) is 0 Å². The van der Waals surface area contributed by atoms with Crippen molar-refractivity contribution in [2.45, 2.75) is 0 Å². The molecule has 0 atom stereocenters. The molecule has 0 aliphatic heterocycles. The Morgan fingerprint density at radius 1 is 1.38 bits per heavy atom. The Balaban J connectivity index is 2.67. The summed E-state index contributed by atoms with van der Waals surface area (Å²) in [5, 5.41) is 9.60. The summed E-state index contributed by atoms with van der Waals surface area (Å²) in [7, 11) is 0. The van der Waals surface area contributed by atoms with Gasteiger partial charge in [0.2, 0.25) is 0 Å². The lowest BCUT2D eigenvalue weighted by molar-refractivity contribution is 0.369. The second-order valence-electron chi connectivity index (χ2n) is 3.02. The van der Waals surface area contributed by atoms with Crippen molar-refractivity contribution in [1.82, 2.24) is 4.98 Å². The van der Waals surface area contributed by atoms with Gasteiger partial charge in [0, 0.05) is 15.2 Å². The van der Waals surface area contributed by atoms with Crippen molar-refractivity contribution in [3.05, 3.63) is 31.5 Å². The highest BCUT2D eigenvalue weighted by molar-refractivity contribution is 14.1. The highest BCUT2D eigenvalue weighted by Crippen LogP contribution is 2.32. The number of rotatable bonds is 2. The van der Waals surface area contributed by atoms with Gasteiger partial charge in [-0.05, 0) is 57.3 Å². The van der Waals surface area contributed by atoms with Crippen molar-refractivity contribution in [3.8, 4) is 11.8 Å². The molecule has 0 saturated carbocycles. The second kappa shape index (κ2) is 5.14. The van der Waals surface area contributed by atoms with Crippen LogP contribution in [0.5, 0.6) is 5.75 Å². The van der Waals surface area contributed by atoms with Gasteiger partial charge in [0.15, 0.2) is 12.4 Å². The molecule has 0 N–H and O–H groups in total. The minimum atomic E-state index is 0.0439. The molecule has 1 heterocycles. The Bertz CT molecular complexity index is 578. The zero-order valence-electron chi connectivity index (χ0n) is 8.08. The number of fused-ring (bicyclic) bond motifs is 1. The number of ether oxygens (including phenoxy) is 1. The van der Waals surface area contributed by atoms with Crippen LogP contribution in [0, 0.1) is 18.5 Å². The number of nitriles is 1. The van der Waals surface area contributed by atoms with Crippen LogP contribution < -0.4 is 4.74 Å². The first-order valence-corrected chi connectivity index (χ1v) is 6.62. The van der Waals surface area contributed by atoms with Crippen LogP contribution in [0.4, 0.5) is 0 Å². The molecule has 0 saturated heterocycles. The van der Waals surface area contributed by atoms with Crippen molar-refractivity contribution in [2.75, 3.05) is 6.61 Å². The number of hydrogen-bond acceptors (Lipinski definition) is 3. The molecule has 5 heteroatoms. The molecule has 0 aliphatic rings. The molecule has 1 aromatic carbocycles. The first-order valence-electron chi connectivity index (χ1n) is 4.46. The second-order valence-corrected chi connectivity index (χ2v) is 5.34. The van der Waals surface area contributed by atoms with Crippen LogP contribution in [0.3, 0.4) is 0 Å². The topological polar surface area (TPSA) is 45.9 Å². The van der Waals surface area contributed by atoms with E-state index in [1.807, 2.05) is 24.3 Å². The van der Waals surface area contributed by atoms with Crippen LogP contribution in [0.2, 0.25) is 0 Å². The van der Waals surface area contributed by atoms with Crippen LogP contribution in [0.1, 0.15) is 0 Å². The normalized spacial score (nSPS) is 10.1. The van der Waals surface area contributed by atoms with Crippen molar-refractivity contribution >= 4 is 56.1 Å². The number of pyridine rings is 1. The third-order valence-corrected chi connectivity index (χ3v) is 3.73. The smallest absolute Gasteiger partial charge is 0.174 e. The molecule has 0 bridgehead atoms. The summed E-state index contributed by atoms with van der Waals surface area (Å²) in [5.74, 6) is 0.693. The maximum Gasteiger partial charge on any atom is 0.174 e.